The molecular weight excluding hydrogens is 437 g/mol. The molecule has 0 radical (unpaired) electrons. The highest BCUT2D eigenvalue weighted by molar-refractivity contribution is 6.00. The van der Waals surface area contributed by atoms with Gasteiger partial charge >= 0.3 is 0 Å². The fourth-order valence-electron chi connectivity index (χ4n) is 3.87. The summed E-state index contributed by atoms with van der Waals surface area (Å²) in [5.74, 6) is -0.567. The molecule has 1 aliphatic carbocycles. The molecule has 10 heteroatoms. The average Bonchev–Trinajstić information content (AvgIpc) is 3.31. The molecule has 0 unspecified atom stereocenters. The van der Waals surface area contributed by atoms with E-state index in [9.17, 15) is 14.3 Å². The van der Waals surface area contributed by atoms with Gasteiger partial charge in [0.1, 0.15) is 0 Å². The average molecular weight is 462 g/mol. The summed E-state index contributed by atoms with van der Waals surface area (Å²) in [7, 11) is 0. The van der Waals surface area contributed by atoms with E-state index in [4.69, 9.17) is 0 Å². The Kier molecular flexibility index (Phi) is 5.17. The van der Waals surface area contributed by atoms with Crippen LogP contribution in [0.25, 0.3) is 16.7 Å². The van der Waals surface area contributed by atoms with E-state index in [0.29, 0.717) is 17.9 Å². The fourth-order valence-corrected chi connectivity index (χ4v) is 3.87. The number of halogens is 1. The SMILES string of the molecule is C=CC(=O)Nc1ccc2c(c1)c(C)cn2-c1nc(Nc2cn(CC3(O)CC3)nc2C)ncc1F. The highest BCUT2D eigenvalue weighted by Crippen LogP contribution is 2.37. The summed E-state index contributed by atoms with van der Waals surface area (Å²) < 4.78 is 18.2. The van der Waals surface area contributed by atoms with Crippen molar-refractivity contribution in [3.63, 3.8) is 0 Å². The van der Waals surface area contributed by atoms with Gasteiger partial charge < -0.3 is 15.7 Å². The molecule has 0 spiro atoms. The molecule has 1 saturated carbocycles. The van der Waals surface area contributed by atoms with Gasteiger partial charge in [0, 0.05) is 23.5 Å². The number of carbonyl (C=O) groups is 1. The van der Waals surface area contributed by atoms with Crippen LogP contribution in [0.5, 0.6) is 0 Å². The van der Waals surface area contributed by atoms with Crippen LogP contribution >= 0.6 is 0 Å². The molecule has 3 N–H and O–H groups in total. The van der Waals surface area contributed by atoms with Crippen LogP contribution in [0.15, 0.2) is 49.4 Å². The molecule has 5 rings (SSSR count). The Labute approximate surface area is 195 Å². The van der Waals surface area contributed by atoms with Crippen LogP contribution in [-0.4, -0.2) is 40.9 Å². The van der Waals surface area contributed by atoms with Gasteiger partial charge in [-0.05, 0) is 56.5 Å². The molecule has 174 valence electrons. The lowest BCUT2D eigenvalue weighted by molar-refractivity contribution is -0.111. The molecule has 0 atom stereocenters. The van der Waals surface area contributed by atoms with Crippen molar-refractivity contribution in [2.24, 2.45) is 0 Å². The number of amides is 1. The number of benzene rings is 1. The zero-order chi connectivity index (χ0) is 24.0. The number of nitrogens with one attached hydrogen (secondary N) is 2. The maximum Gasteiger partial charge on any atom is 0.247 e. The van der Waals surface area contributed by atoms with Crippen LogP contribution in [0.3, 0.4) is 0 Å². The number of aliphatic hydroxyl groups is 1. The summed E-state index contributed by atoms with van der Waals surface area (Å²) in [6.07, 6.45) is 7.44. The van der Waals surface area contributed by atoms with Gasteiger partial charge in [0.25, 0.3) is 0 Å². The normalized spacial score (nSPS) is 14.2. The summed E-state index contributed by atoms with van der Waals surface area (Å²) >= 11 is 0. The molecule has 9 nitrogen and oxygen atoms in total. The fraction of sp³-hybridized carbons (Fsp3) is 0.250. The van der Waals surface area contributed by atoms with Crippen molar-refractivity contribution in [3.8, 4) is 5.82 Å². The van der Waals surface area contributed by atoms with E-state index in [0.717, 1.165) is 41.2 Å². The minimum absolute atomic E-state index is 0.0933. The van der Waals surface area contributed by atoms with Gasteiger partial charge in [0.15, 0.2) is 11.6 Å². The Bertz CT molecular complexity index is 1430. The third-order valence-corrected chi connectivity index (χ3v) is 5.89. The number of carbonyl (C=O) groups excluding carboxylic acids is 1. The number of hydrogen-bond donors (Lipinski definition) is 3. The minimum atomic E-state index is -0.670. The van der Waals surface area contributed by atoms with Gasteiger partial charge in [-0.1, -0.05) is 6.58 Å². The van der Waals surface area contributed by atoms with Crippen LogP contribution in [0.2, 0.25) is 0 Å². The Hall–Kier alpha value is -4.05. The predicted molar refractivity (Wildman–Crippen MR) is 127 cm³/mol. The number of aromatic nitrogens is 5. The van der Waals surface area contributed by atoms with Gasteiger partial charge in [-0.15, -0.1) is 0 Å². The smallest absolute Gasteiger partial charge is 0.247 e. The number of fused-ring (bicyclic) bond motifs is 1. The van der Waals surface area contributed by atoms with Crippen LogP contribution in [-0.2, 0) is 11.3 Å². The number of nitrogens with zero attached hydrogens (tertiary/aromatic N) is 5. The van der Waals surface area contributed by atoms with Crippen molar-refractivity contribution >= 4 is 34.1 Å². The molecule has 3 aromatic heterocycles. The van der Waals surface area contributed by atoms with Crippen LogP contribution in [0, 0.1) is 19.7 Å². The highest BCUT2D eigenvalue weighted by Gasteiger charge is 2.41. The third-order valence-electron chi connectivity index (χ3n) is 5.89. The molecule has 1 aromatic carbocycles. The first-order valence-electron chi connectivity index (χ1n) is 10.9. The lowest BCUT2D eigenvalue weighted by atomic mass is 10.2. The molecule has 0 bridgehead atoms. The monoisotopic (exact) mass is 461 g/mol. The first-order valence-corrected chi connectivity index (χ1v) is 10.9. The van der Waals surface area contributed by atoms with E-state index in [2.05, 4.69) is 32.3 Å². The zero-order valence-electron chi connectivity index (χ0n) is 18.8. The highest BCUT2D eigenvalue weighted by atomic mass is 19.1. The number of rotatable bonds is 7. The van der Waals surface area contributed by atoms with E-state index >= 15 is 0 Å². The summed E-state index contributed by atoms with van der Waals surface area (Å²) in [5, 5.41) is 21.3. The van der Waals surface area contributed by atoms with E-state index in [1.165, 1.54) is 6.08 Å². The van der Waals surface area contributed by atoms with E-state index in [1.807, 2.05) is 19.9 Å². The third kappa shape index (κ3) is 4.15. The molecule has 34 heavy (non-hydrogen) atoms. The Morgan fingerprint density at radius 1 is 1.32 bits per heavy atom. The lowest BCUT2D eigenvalue weighted by Gasteiger charge is -2.09. The second-order valence-corrected chi connectivity index (χ2v) is 8.65. The second kappa shape index (κ2) is 8.07. The summed E-state index contributed by atoms with van der Waals surface area (Å²) in [6.45, 7) is 7.63. The van der Waals surface area contributed by atoms with Crippen LogP contribution in [0.1, 0.15) is 24.1 Å². The largest absolute Gasteiger partial charge is 0.388 e. The van der Waals surface area contributed by atoms with E-state index in [1.54, 1.807) is 33.8 Å². The van der Waals surface area contributed by atoms with Gasteiger partial charge in [-0.2, -0.15) is 10.1 Å². The molecule has 1 amide bonds. The molecular formula is C24H24FN7O2. The first kappa shape index (κ1) is 21.8. The van der Waals surface area contributed by atoms with Gasteiger partial charge in [-0.3, -0.25) is 14.0 Å². The Morgan fingerprint density at radius 3 is 2.85 bits per heavy atom. The summed E-state index contributed by atoms with van der Waals surface area (Å²) in [6, 6.07) is 5.36. The molecule has 1 aliphatic rings. The molecule has 3 heterocycles. The number of anilines is 3. The Morgan fingerprint density at radius 2 is 2.12 bits per heavy atom. The molecule has 4 aromatic rings. The van der Waals surface area contributed by atoms with Crippen molar-refractivity contribution in [2.75, 3.05) is 10.6 Å². The molecule has 0 aliphatic heterocycles. The number of aryl methyl sites for hydroxylation is 2. The minimum Gasteiger partial charge on any atom is -0.388 e. The maximum atomic E-state index is 14.8. The number of hydrogen-bond acceptors (Lipinski definition) is 6. The van der Waals surface area contributed by atoms with E-state index < -0.39 is 11.4 Å². The van der Waals surface area contributed by atoms with Crippen molar-refractivity contribution in [3.05, 3.63) is 66.5 Å². The van der Waals surface area contributed by atoms with Crippen LogP contribution < -0.4 is 10.6 Å². The maximum absolute atomic E-state index is 14.8. The van der Waals surface area contributed by atoms with Gasteiger partial charge in [0.05, 0.1) is 35.2 Å². The predicted octanol–water partition coefficient (Wildman–Crippen LogP) is 3.77. The zero-order valence-corrected chi connectivity index (χ0v) is 18.8. The molecule has 1 fully saturated rings. The summed E-state index contributed by atoms with van der Waals surface area (Å²) in [4.78, 5) is 20.1. The van der Waals surface area contributed by atoms with Gasteiger partial charge in [0.2, 0.25) is 11.9 Å². The topological polar surface area (TPSA) is 110 Å². The van der Waals surface area contributed by atoms with Gasteiger partial charge in [-0.25, -0.2) is 9.37 Å². The summed E-state index contributed by atoms with van der Waals surface area (Å²) in [5.41, 5.74) is 2.98. The van der Waals surface area contributed by atoms with Crippen molar-refractivity contribution in [1.29, 1.82) is 0 Å². The second-order valence-electron chi connectivity index (χ2n) is 8.65. The quantitative estimate of drug-likeness (QED) is 0.362. The van der Waals surface area contributed by atoms with E-state index in [-0.39, 0.29) is 17.7 Å². The van der Waals surface area contributed by atoms with Crippen molar-refractivity contribution in [2.45, 2.75) is 38.8 Å². The molecule has 0 saturated heterocycles. The lowest BCUT2D eigenvalue weighted by Crippen LogP contribution is -2.17. The van der Waals surface area contributed by atoms with Crippen molar-refractivity contribution in [1.82, 2.24) is 24.3 Å². The standard InChI is InChI=1S/C24H24FN7O2/c1-4-21(33)27-16-5-6-20-17(9-16)14(2)11-32(20)22-18(25)10-26-23(29-22)28-19-12-31(30-15(19)3)13-24(34)7-8-24/h4-6,9-12,34H,1,7-8,13H2,2-3H3,(H,27,33)(H,26,28,29). The first-order chi connectivity index (χ1) is 16.2. The Balaban J connectivity index is 1.46. The van der Waals surface area contributed by atoms with Crippen LogP contribution in [0.4, 0.5) is 21.7 Å². The van der Waals surface area contributed by atoms with Crippen molar-refractivity contribution < 1.29 is 14.3 Å².